The number of nitrogens with zero attached hydrogens (tertiary/aromatic N) is 1. The van der Waals surface area contributed by atoms with Crippen LogP contribution >= 0.6 is 27.5 Å². The van der Waals surface area contributed by atoms with Crippen molar-refractivity contribution < 1.29 is 22.7 Å². The van der Waals surface area contributed by atoms with E-state index in [1.807, 2.05) is 6.07 Å². The van der Waals surface area contributed by atoms with Crippen molar-refractivity contribution in [2.45, 2.75) is 38.6 Å². The number of carbonyl (C=O) groups is 1. The van der Waals surface area contributed by atoms with Crippen LogP contribution in [0.4, 0.5) is 23.7 Å². The van der Waals surface area contributed by atoms with Gasteiger partial charge in [-0.25, -0.2) is 4.79 Å². The van der Waals surface area contributed by atoms with Crippen molar-refractivity contribution in [3.05, 3.63) is 62.6 Å². The Balaban J connectivity index is 2.00. The molecule has 0 N–H and O–H groups in total. The first-order valence-corrected chi connectivity index (χ1v) is 9.45. The van der Waals surface area contributed by atoms with Crippen LogP contribution in [0.1, 0.15) is 30.0 Å². The molecule has 2 aromatic carbocycles. The second kappa shape index (κ2) is 7.72. The maximum atomic E-state index is 13.7. The van der Waals surface area contributed by atoms with Gasteiger partial charge in [0.25, 0.3) is 0 Å². The Kier molecular flexibility index (Phi) is 5.72. The Morgan fingerprint density at radius 2 is 2.00 bits per heavy atom. The molecule has 0 aromatic heterocycles. The van der Waals surface area contributed by atoms with Gasteiger partial charge in [0.1, 0.15) is 6.61 Å². The summed E-state index contributed by atoms with van der Waals surface area (Å²) < 4.78 is 46.4. The molecule has 1 atom stereocenters. The lowest BCUT2D eigenvalue weighted by molar-refractivity contribution is -0.137. The Morgan fingerprint density at radius 1 is 1.33 bits per heavy atom. The number of carbonyl (C=O) groups excluding carboxylic acids is 1. The lowest BCUT2D eigenvalue weighted by Crippen LogP contribution is -2.43. The van der Waals surface area contributed by atoms with E-state index in [2.05, 4.69) is 15.9 Å². The number of anilines is 1. The van der Waals surface area contributed by atoms with Crippen LogP contribution in [-0.2, 0) is 23.9 Å². The number of hydrogen-bond acceptors (Lipinski definition) is 2. The van der Waals surface area contributed by atoms with Gasteiger partial charge >= 0.3 is 12.3 Å². The molecule has 1 aliphatic heterocycles. The zero-order valence-electron chi connectivity index (χ0n) is 14.3. The quantitative estimate of drug-likeness (QED) is 0.503. The minimum Gasteiger partial charge on any atom is -0.444 e. The second-order valence-corrected chi connectivity index (χ2v) is 7.58. The van der Waals surface area contributed by atoms with E-state index in [1.165, 1.54) is 0 Å². The standard InChI is InChI=1S/C19H16BrClF3NO2/c1-11-7-8-13-16(21)15(20)9-14(19(22,23)24)17(13)25(11)18(26)27-10-12-5-3-2-4-6-12/h2-6,9,11H,7-8,10H2,1H3. The molecule has 1 aliphatic rings. The lowest BCUT2D eigenvalue weighted by atomic mass is 9.93. The monoisotopic (exact) mass is 461 g/mol. The molecule has 8 heteroatoms. The summed E-state index contributed by atoms with van der Waals surface area (Å²) in [5.74, 6) is 0. The number of halogens is 5. The molecule has 1 heterocycles. The molecule has 3 rings (SSSR count). The maximum absolute atomic E-state index is 13.7. The van der Waals surface area contributed by atoms with E-state index in [0.29, 0.717) is 18.4 Å². The molecule has 0 bridgehead atoms. The molecule has 0 saturated heterocycles. The van der Waals surface area contributed by atoms with Crippen molar-refractivity contribution in [3.63, 3.8) is 0 Å². The average molecular weight is 463 g/mol. The molecule has 144 valence electrons. The number of alkyl halides is 3. The van der Waals surface area contributed by atoms with Gasteiger partial charge in [-0.15, -0.1) is 0 Å². The molecule has 0 saturated carbocycles. The highest BCUT2D eigenvalue weighted by atomic mass is 79.9. The first kappa shape index (κ1) is 20.0. The molecule has 1 amide bonds. The van der Waals surface area contributed by atoms with E-state index in [1.54, 1.807) is 31.2 Å². The van der Waals surface area contributed by atoms with E-state index < -0.39 is 23.9 Å². The summed E-state index contributed by atoms with van der Waals surface area (Å²) in [6, 6.07) is 9.42. The summed E-state index contributed by atoms with van der Waals surface area (Å²) >= 11 is 9.32. The SMILES string of the molecule is CC1CCc2c(Cl)c(Br)cc(C(F)(F)F)c2N1C(=O)OCc1ccccc1. The third-order valence-corrected chi connectivity index (χ3v) is 5.77. The molecule has 0 aliphatic carbocycles. The van der Waals surface area contributed by atoms with Crippen molar-refractivity contribution in [2.24, 2.45) is 0 Å². The zero-order chi connectivity index (χ0) is 19.8. The first-order chi connectivity index (χ1) is 12.7. The fraction of sp³-hybridized carbons (Fsp3) is 0.316. The van der Waals surface area contributed by atoms with Gasteiger partial charge in [0.15, 0.2) is 0 Å². The smallest absolute Gasteiger partial charge is 0.418 e. The van der Waals surface area contributed by atoms with Crippen LogP contribution in [0, 0.1) is 0 Å². The van der Waals surface area contributed by atoms with Crippen LogP contribution in [0.5, 0.6) is 0 Å². The fourth-order valence-electron chi connectivity index (χ4n) is 3.15. The van der Waals surface area contributed by atoms with Crippen LogP contribution < -0.4 is 4.90 Å². The van der Waals surface area contributed by atoms with Crippen LogP contribution in [0.2, 0.25) is 5.02 Å². The lowest BCUT2D eigenvalue weighted by Gasteiger charge is -2.37. The highest BCUT2D eigenvalue weighted by Gasteiger charge is 2.42. The van der Waals surface area contributed by atoms with Crippen molar-refractivity contribution in [2.75, 3.05) is 4.90 Å². The topological polar surface area (TPSA) is 29.5 Å². The Hall–Kier alpha value is -1.73. The normalized spacial score (nSPS) is 16.8. The Morgan fingerprint density at radius 3 is 2.63 bits per heavy atom. The van der Waals surface area contributed by atoms with Gasteiger partial charge in [-0.1, -0.05) is 41.9 Å². The number of amides is 1. The van der Waals surface area contributed by atoms with Crippen LogP contribution in [0.3, 0.4) is 0 Å². The Labute approximate surface area is 168 Å². The third-order valence-electron chi connectivity index (χ3n) is 4.49. The highest BCUT2D eigenvalue weighted by molar-refractivity contribution is 9.10. The van der Waals surface area contributed by atoms with Crippen LogP contribution in [0.15, 0.2) is 40.9 Å². The summed E-state index contributed by atoms with van der Waals surface area (Å²) in [5, 5.41) is 0.186. The number of rotatable bonds is 2. The summed E-state index contributed by atoms with van der Waals surface area (Å²) in [4.78, 5) is 13.8. The molecule has 2 aromatic rings. The largest absolute Gasteiger partial charge is 0.444 e. The van der Waals surface area contributed by atoms with Crippen molar-refractivity contribution in [3.8, 4) is 0 Å². The van der Waals surface area contributed by atoms with Crippen LogP contribution in [-0.4, -0.2) is 12.1 Å². The second-order valence-electron chi connectivity index (χ2n) is 6.34. The minimum atomic E-state index is -4.63. The molecule has 0 radical (unpaired) electrons. The van der Waals surface area contributed by atoms with Gasteiger partial charge in [-0.2, -0.15) is 13.2 Å². The van der Waals surface area contributed by atoms with Gasteiger partial charge in [0, 0.05) is 10.5 Å². The number of benzene rings is 2. The predicted molar refractivity (Wildman–Crippen MR) is 101 cm³/mol. The first-order valence-electron chi connectivity index (χ1n) is 8.28. The van der Waals surface area contributed by atoms with Gasteiger partial charge < -0.3 is 4.74 Å². The van der Waals surface area contributed by atoms with Crippen molar-refractivity contribution >= 4 is 39.3 Å². The average Bonchev–Trinajstić information content (AvgIpc) is 2.62. The van der Waals surface area contributed by atoms with E-state index in [4.69, 9.17) is 16.3 Å². The number of ether oxygens (including phenoxy) is 1. The highest BCUT2D eigenvalue weighted by Crippen LogP contribution is 2.47. The fourth-order valence-corrected chi connectivity index (χ4v) is 3.86. The third kappa shape index (κ3) is 4.09. The minimum absolute atomic E-state index is 0.0240. The molecule has 3 nitrogen and oxygen atoms in total. The van der Waals surface area contributed by atoms with Gasteiger partial charge in [0.2, 0.25) is 0 Å². The summed E-state index contributed by atoms with van der Waals surface area (Å²) in [5.41, 5.74) is -0.0711. The summed E-state index contributed by atoms with van der Waals surface area (Å²) in [7, 11) is 0. The molecule has 0 spiro atoms. The number of fused-ring (bicyclic) bond motifs is 1. The van der Waals surface area contributed by atoms with Crippen molar-refractivity contribution in [1.29, 1.82) is 0 Å². The molecule has 1 unspecified atom stereocenters. The maximum Gasteiger partial charge on any atom is 0.418 e. The zero-order valence-corrected chi connectivity index (χ0v) is 16.7. The van der Waals surface area contributed by atoms with E-state index in [0.717, 1.165) is 16.5 Å². The molecule has 27 heavy (non-hydrogen) atoms. The molecular formula is C19H16BrClF3NO2. The summed E-state index contributed by atoms with van der Waals surface area (Å²) in [6.07, 6.45) is -4.62. The van der Waals surface area contributed by atoms with Crippen molar-refractivity contribution in [1.82, 2.24) is 0 Å². The van der Waals surface area contributed by atoms with E-state index in [-0.39, 0.29) is 21.8 Å². The van der Waals surface area contributed by atoms with E-state index >= 15 is 0 Å². The molecular weight excluding hydrogens is 447 g/mol. The predicted octanol–water partition coefficient (Wildman–Crippen LogP) is 6.60. The van der Waals surface area contributed by atoms with Gasteiger partial charge in [-0.3, -0.25) is 4.90 Å². The van der Waals surface area contributed by atoms with Gasteiger partial charge in [-0.05, 0) is 52.9 Å². The number of hydrogen-bond donors (Lipinski definition) is 0. The molecule has 0 fully saturated rings. The summed E-state index contributed by atoms with van der Waals surface area (Å²) in [6.45, 7) is 1.67. The van der Waals surface area contributed by atoms with Crippen LogP contribution in [0.25, 0.3) is 0 Å². The Bertz CT molecular complexity index is 858. The van der Waals surface area contributed by atoms with Gasteiger partial charge in [0.05, 0.1) is 16.3 Å². The van der Waals surface area contributed by atoms with E-state index in [9.17, 15) is 18.0 Å².